The zero-order chi connectivity index (χ0) is 35.2. The molecule has 272 valence electrons. The van der Waals surface area contributed by atoms with E-state index in [0.717, 1.165) is 12.2 Å². The molecule has 2 aromatic carbocycles. The molecule has 2 unspecified atom stereocenters. The maximum absolute atomic E-state index is 3.91. The quantitative estimate of drug-likeness (QED) is 0.225. The van der Waals surface area contributed by atoms with Gasteiger partial charge in [0.1, 0.15) is 0 Å². The summed E-state index contributed by atoms with van der Waals surface area (Å²) < 4.78 is 2.10. The van der Waals surface area contributed by atoms with Gasteiger partial charge in [0.2, 0.25) is 0 Å². The van der Waals surface area contributed by atoms with E-state index in [-0.39, 0.29) is 12.1 Å². The van der Waals surface area contributed by atoms with E-state index in [0.29, 0.717) is 7.92 Å². The molecule has 2 N–H and O–H groups in total. The van der Waals surface area contributed by atoms with Gasteiger partial charge in [-0.1, -0.05) is 65.7 Å². The third-order valence-corrected chi connectivity index (χ3v) is 17.1. The second-order valence-corrected chi connectivity index (χ2v) is 20.0. The van der Waals surface area contributed by atoms with Crippen LogP contribution in [-0.2, 0) is 17.9 Å². The summed E-state index contributed by atoms with van der Waals surface area (Å²) in [5.41, 5.74) is 17.0. The molecule has 0 spiro atoms. The van der Waals surface area contributed by atoms with Gasteiger partial charge in [-0.15, -0.1) is 0 Å². The van der Waals surface area contributed by atoms with E-state index >= 15 is 0 Å². The van der Waals surface area contributed by atoms with Crippen molar-refractivity contribution in [2.24, 2.45) is 0 Å². The van der Waals surface area contributed by atoms with Gasteiger partial charge < -0.3 is 0 Å². The van der Waals surface area contributed by atoms with E-state index in [9.17, 15) is 0 Å². The Bertz CT molecular complexity index is 1420. The fourth-order valence-electron chi connectivity index (χ4n) is 10.4. The maximum atomic E-state index is 3.91. The zero-order valence-electron chi connectivity index (χ0n) is 32.1. The van der Waals surface area contributed by atoms with Crippen LogP contribution in [0.2, 0.25) is 0 Å². The molecule has 4 heteroatoms. The third kappa shape index (κ3) is 9.03. The van der Waals surface area contributed by atoms with Crippen LogP contribution in [0.15, 0.2) is 59.5 Å². The first-order valence-electron chi connectivity index (χ1n) is 20.2. The summed E-state index contributed by atoms with van der Waals surface area (Å²) in [7, 11) is 0.385. The van der Waals surface area contributed by atoms with E-state index in [1.807, 2.05) is 0 Å². The summed E-state index contributed by atoms with van der Waals surface area (Å²) in [5.74, 6) is 1.16. The predicted molar refractivity (Wildman–Crippen MR) is 216 cm³/mol. The van der Waals surface area contributed by atoms with E-state index < -0.39 is 0 Å². The molecule has 0 bridgehead atoms. The molecule has 3 saturated carbocycles. The van der Waals surface area contributed by atoms with Gasteiger partial charge in [0.15, 0.2) is 0 Å². The predicted octanol–water partition coefficient (Wildman–Crippen LogP) is 12.4. The number of hydrogen-bond acceptors (Lipinski definition) is 2. The number of nitrogens with one attached hydrogen (secondary N) is 2. The van der Waals surface area contributed by atoms with Gasteiger partial charge >= 0.3 is 197 Å². The van der Waals surface area contributed by atoms with E-state index in [4.69, 9.17) is 0 Å². The van der Waals surface area contributed by atoms with Gasteiger partial charge in [-0.05, 0) is 55.5 Å². The zero-order valence-corrected chi connectivity index (χ0v) is 34.8. The van der Waals surface area contributed by atoms with E-state index in [1.54, 1.807) is 77.0 Å². The summed E-state index contributed by atoms with van der Waals surface area (Å²) in [4.78, 5) is 0. The molecular formula is C46H65N2PRu. The normalized spacial score (nSPS) is 23.6. The Balaban J connectivity index is 0.000000194. The van der Waals surface area contributed by atoms with Crippen LogP contribution in [0.4, 0.5) is 0 Å². The summed E-state index contributed by atoms with van der Waals surface area (Å²) in [6.07, 6.45) is 31.3. The molecule has 4 fully saturated rings. The van der Waals surface area contributed by atoms with Gasteiger partial charge in [0, 0.05) is 0 Å². The first kappa shape index (κ1) is 37.9. The van der Waals surface area contributed by atoms with Crippen molar-refractivity contribution in [3.63, 3.8) is 0 Å². The molecule has 0 aromatic heterocycles. The van der Waals surface area contributed by atoms with Gasteiger partial charge in [-0.25, -0.2) is 0 Å². The van der Waals surface area contributed by atoms with Gasteiger partial charge in [0.05, 0.1) is 0 Å². The second-order valence-electron chi connectivity index (χ2n) is 16.4. The molecule has 4 aliphatic carbocycles. The number of benzene rings is 2. The molecule has 2 nitrogen and oxygen atoms in total. The van der Waals surface area contributed by atoms with Crippen LogP contribution in [-0.4, -0.2) is 21.6 Å². The Morgan fingerprint density at radius 3 is 1.32 bits per heavy atom. The Labute approximate surface area is 316 Å². The van der Waals surface area contributed by atoms with Crippen LogP contribution in [0.5, 0.6) is 0 Å². The van der Waals surface area contributed by atoms with Crippen LogP contribution < -0.4 is 10.6 Å². The van der Waals surface area contributed by atoms with E-state index in [2.05, 4.69) is 117 Å². The Hall–Kier alpha value is -1.82. The first-order valence-corrected chi connectivity index (χ1v) is 22.8. The molecule has 7 rings (SSSR count). The van der Waals surface area contributed by atoms with Crippen molar-refractivity contribution in [3.05, 3.63) is 104 Å². The van der Waals surface area contributed by atoms with Crippen LogP contribution in [0, 0.1) is 41.5 Å². The van der Waals surface area contributed by atoms with Gasteiger partial charge in [0.25, 0.3) is 0 Å². The van der Waals surface area contributed by atoms with Crippen molar-refractivity contribution in [2.45, 2.75) is 173 Å². The molecule has 1 aliphatic heterocycles. The number of rotatable bonds is 6. The summed E-state index contributed by atoms with van der Waals surface area (Å²) in [5, 5.41) is 7.82. The van der Waals surface area contributed by atoms with Crippen molar-refractivity contribution in [1.29, 1.82) is 0 Å². The fraction of sp³-hybridized carbons (Fsp3) is 0.587. The first-order chi connectivity index (χ1) is 24.2. The van der Waals surface area contributed by atoms with E-state index in [1.165, 1.54) is 91.9 Å². The topological polar surface area (TPSA) is 24.1 Å². The van der Waals surface area contributed by atoms with Crippen molar-refractivity contribution in [3.8, 4) is 0 Å². The van der Waals surface area contributed by atoms with Crippen LogP contribution >= 0.6 is 7.92 Å². The fourth-order valence-corrected chi connectivity index (χ4v) is 15.4. The summed E-state index contributed by atoms with van der Waals surface area (Å²) >= 11 is 2.62. The van der Waals surface area contributed by atoms with Gasteiger partial charge in [-0.2, -0.15) is 0 Å². The number of aryl methyl sites for hydroxylation is 6. The van der Waals surface area contributed by atoms with Crippen molar-refractivity contribution >= 4 is 12.5 Å². The Morgan fingerprint density at radius 2 is 0.960 bits per heavy atom. The Kier molecular flexibility index (Phi) is 13.5. The van der Waals surface area contributed by atoms with Crippen LogP contribution in [0.1, 0.15) is 159 Å². The molecule has 2 atom stereocenters. The van der Waals surface area contributed by atoms with Crippen molar-refractivity contribution in [1.82, 2.24) is 10.6 Å². The number of hydrogen-bond donors (Lipinski definition) is 2. The summed E-state index contributed by atoms with van der Waals surface area (Å²) in [6.45, 7) is 13.4. The Morgan fingerprint density at radius 1 is 0.580 bits per heavy atom. The molecular weight excluding hydrogens is 713 g/mol. The van der Waals surface area contributed by atoms with Gasteiger partial charge in [-0.3, -0.25) is 0 Å². The molecule has 1 heterocycles. The van der Waals surface area contributed by atoms with Crippen LogP contribution in [0.25, 0.3) is 0 Å². The average molecular weight is 778 g/mol. The van der Waals surface area contributed by atoms with Crippen molar-refractivity contribution in [2.75, 3.05) is 0 Å². The molecule has 50 heavy (non-hydrogen) atoms. The average Bonchev–Trinajstić information content (AvgIpc) is 3.53. The minimum atomic E-state index is 0.187. The molecule has 1 saturated heterocycles. The molecule has 5 aliphatic rings. The molecule has 2 aromatic rings. The molecule has 0 amide bonds. The second kappa shape index (κ2) is 17.8. The SMILES string of the molecule is C1CCC(P(C2CCCCC2)C2CCCCC2)CC1.Cc1cc(C)c(C2NC(=C3C=C([CH]=[Ru])C=CC3)NC2c2c(C)cc(C)cc2C)c(C)c1. The van der Waals surface area contributed by atoms with Crippen molar-refractivity contribution < 1.29 is 17.9 Å². The standard InChI is InChI=1S/C28H32N2.C18H33P.Ru/c1-16-9-8-10-23(15-16)28-29-26(24-19(4)11-17(2)12-20(24)5)27(30-28)25-21(6)13-18(3)14-22(25)7;1-4-10-16(11-5-1)19(17-12-6-2-7-13-17)18-14-8-3-9-15-18;/h1,8-9,11-15,26-27,29-30H,10H2,2-7H3;16-18H,1-15H2;. The van der Waals surface area contributed by atoms with Crippen LogP contribution in [0.3, 0.4) is 0 Å². The molecule has 0 radical (unpaired) electrons. The minimum absolute atomic E-state index is 0.187. The monoisotopic (exact) mass is 778 g/mol. The number of allylic oxidation sites excluding steroid dienone is 5. The third-order valence-electron chi connectivity index (χ3n) is 12.4. The summed E-state index contributed by atoms with van der Waals surface area (Å²) in [6, 6.07) is 9.62.